The van der Waals surface area contributed by atoms with Gasteiger partial charge in [-0.15, -0.1) is 6.42 Å². The Balaban J connectivity index is 0.667. The molecule has 4 amide bonds. The fourth-order valence-corrected chi connectivity index (χ4v) is 14.9. The predicted molar refractivity (Wildman–Crippen MR) is 318 cm³/mol. The summed E-state index contributed by atoms with van der Waals surface area (Å²) >= 11 is 0. The third-order valence-electron chi connectivity index (χ3n) is 19.3. The number of benzene rings is 3. The molecule has 13 rings (SSSR count). The van der Waals surface area contributed by atoms with Gasteiger partial charge in [-0.05, 0) is 151 Å². The summed E-state index contributed by atoms with van der Waals surface area (Å²) in [4.78, 5) is 79.5. The van der Waals surface area contributed by atoms with Crippen molar-refractivity contribution in [1.82, 2.24) is 39.9 Å². The lowest BCUT2D eigenvalue weighted by molar-refractivity contribution is -0.136. The van der Waals surface area contributed by atoms with Crippen LogP contribution in [0.5, 0.6) is 11.8 Å². The second kappa shape index (κ2) is 22.6. The van der Waals surface area contributed by atoms with E-state index in [0.29, 0.717) is 96.1 Å². The average Bonchev–Trinajstić information content (AvgIpc) is 2.08. The van der Waals surface area contributed by atoms with Crippen LogP contribution in [0.25, 0.3) is 32.9 Å². The molecule has 19 nitrogen and oxygen atoms in total. The Morgan fingerprint density at radius 3 is 2.45 bits per heavy atom. The molecule has 2 aliphatic carbocycles. The van der Waals surface area contributed by atoms with Gasteiger partial charge in [-0.1, -0.05) is 18.1 Å². The number of fused-ring (bicyclic) bond motifs is 5. The number of nitrogens with zero attached hydrogens (tertiary/aromatic N) is 9. The highest BCUT2D eigenvalue weighted by atomic mass is 19.1. The van der Waals surface area contributed by atoms with Gasteiger partial charge in [0.2, 0.25) is 11.8 Å². The molecule has 1 spiro atoms. The third-order valence-corrected chi connectivity index (χ3v) is 19.3. The number of hydrogen-bond acceptors (Lipinski definition) is 16. The van der Waals surface area contributed by atoms with Crippen LogP contribution in [0.1, 0.15) is 107 Å². The molecule has 0 radical (unpaired) electrons. The van der Waals surface area contributed by atoms with Crippen molar-refractivity contribution in [2.24, 2.45) is 16.7 Å². The number of piperazine rings is 2. The van der Waals surface area contributed by atoms with Crippen LogP contribution < -0.4 is 24.6 Å². The molecule has 3 aromatic carbocycles. The fourth-order valence-electron chi connectivity index (χ4n) is 14.9. The molecule has 20 heteroatoms. The van der Waals surface area contributed by atoms with Gasteiger partial charge in [0, 0.05) is 118 Å². The van der Waals surface area contributed by atoms with Gasteiger partial charge in [0.1, 0.15) is 34.4 Å². The summed E-state index contributed by atoms with van der Waals surface area (Å²) in [6, 6.07) is 14.1. The van der Waals surface area contributed by atoms with Crippen molar-refractivity contribution in [2.75, 3.05) is 102 Å². The van der Waals surface area contributed by atoms with Crippen molar-refractivity contribution in [1.29, 1.82) is 0 Å². The quantitative estimate of drug-likeness (QED) is 0.0573. The van der Waals surface area contributed by atoms with Crippen LogP contribution in [0.4, 0.5) is 20.7 Å². The first-order chi connectivity index (χ1) is 41.0. The fraction of sp³-hybridized carbons (Fsp3) is 0.554. The molecule has 448 valence electrons. The highest BCUT2D eigenvalue weighted by Crippen LogP contribution is 2.54. The normalized spacial score (nSPS) is 24.0. The summed E-state index contributed by atoms with van der Waals surface area (Å²) in [6.07, 6.45) is 15.2. The summed E-state index contributed by atoms with van der Waals surface area (Å²) in [5, 5.41) is 4.22. The van der Waals surface area contributed by atoms with Crippen LogP contribution in [0.15, 0.2) is 54.7 Å². The smallest absolute Gasteiger partial charge is 0.411 e. The number of carbonyl (C=O) groups is 4. The minimum atomic E-state index is -0.684. The molecule has 1 N–H and O–H groups in total. The molecule has 5 saturated heterocycles. The van der Waals surface area contributed by atoms with Gasteiger partial charge in [0.25, 0.3) is 5.91 Å². The van der Waals surface area contributed by atoms with Crippen molar-refractivity contribution in [3.8, 4) is 35.4 Å². The highest BCUT2D eigenvalue weighted by Gasteiger charge is 2.52. The van der Waals surface area contributed by atoms with Gasteiger partial charge in [0.05, 0.1) is 30.2 Å². The molecule has 2 saturated carbocycles. The molecule has 4 atom stereocenters. The molecule has 85 heavy (non-hydrogen) atoms. The van der Waals surface area contributed by atoms with Crippen LogP contribution in [0, 0.1) is 34.9 Å². The minimum Gasteiger partial charge on any atom is -0.468 e. The minimum absolute atomic E-state index is 0.00918. The van der Waals surface area contributed by atoms with Gasteiger partial charge in [-0.3, -0.25) is 34.5 Å². The lowest BCUT2D eigenvalue weighted by Gasteiger charge is -2.54. The molecule has 8 heterocycles. The number of carbonyl (C=O) groups excluding carboxylic acids is 4. The lowest BCUT2D eigenvalue weighted by Crippen LogP contribution is -2.58. The van der Waals surface area contributed by atoms with Crippen LogP contribution in [-0.2, 0) is 30.3 Å². The number of rotatable bonds is 16. The zero-order chi connectivity index (χ0) is 58.9. The number of nitrogens with one attached hydrogen (secondary N) is 1. The summed E-state index contributed by atoms with van der Waals surface area (Å²) < 4.78 is 47.9. The van der Waals surface area contributed by atoms with Gasteiger partial charge >= 0.3 is 12.1 Å². The lowest BCUT2D eigenvalue weighted by atomic mass is 9.57. The molecule has 8 aliphatic rings. The molecule has 0 unspecified atom stereocenters. The van der Waals surface area contributed by atoms with E-state index in [9.17, 15) is 19.2 Å². The van der Waals surface area contributed by atoms with E-state index in [4.69, 9.17) is 45.1 Å². The number of imide groups is 1. The number of anilines is 2. The number of halogens is 1. The SMILES string of the molecule is C#Cc1cccc2cc(OCOC)cc(-c3ncc4c(N5C[C@@H]6C[C@H](OCC)[C@H](C5)N6C(=O)OC(C)(C)C)nc(OCC5(CN6CCC7(CC6)CC(CN6CCN(c8ccc9c(c8)CN([C@H]8CCC(=O)NC8=O)C9=O)CC6)C7)CC5)nc4c3F)c12. The maximum Gasteiger partial charge on any atom is 0.411 e. The Morgan fingerprint density at radius 1 is 0.918 bits per heavy atom. The topological polar surface area (TPSA) is 185 Å². The van der Waals surface area contributed by atoms with Crippen molar-refractivity contribution < 1.29 is 47.3 Å². The van der Waals surface area contributed by atoms with Gasteiger partial charge in [0.15, 0.2) is 12.6 Å². The van der Waals surface area contributed by atoms with E-state index >= 15 is 4.39 Å². The van der Waals surface area contributed by atoms with Crippen LogP contribution in [0.2, 0.25) is 0 Å². The van der Waals surface area contributed by atoms with Crippen molar-refractivity contribution in [3.63, 3.8) is 0 Å². The average molecular weight is 1160 g/mol. The first kappa shape index (κ1) is 56.9. The maximum absolute atomic E-state index is 17.8. The van der Waals surface area contributed by atoms with Crippen LogP contribution in [-0.4, -0.2) is 181 Å². The molecule has 2 bridgehead atoms. The third kappa shape index (κ3) is 11.2. The second-order valence-electron chi connectivity index (χ2n) is 26.2. The molecular formula is C65H77FN10O9. The standard InChI is InChI=1S/C65H77FN10O9/c1-7-41-10-9-11-42-27-46(84-39-81-6)29-48(54(41)42)56-55(66)57-49(32-67-56)58(74-35-45-28-52(82-8-2)51(36-74)76(45)62(80)85-63(3,4)5)70-61(69-57)83-38-65(16-17-65)37-72-20-18-64(19-21-72)30-40(31-64)33-71-22-24-73(25-23-71)44-12-13-47-43(26-44)34-75(60(47)79)50-14-15-53(77)68-59(50)78/h1,9-13,26-27,29,32,40,45,50-52H,8,14-25,28,30-31,33-39H2,2-6H3,(H,68,77,78)/t45-,50-,51-,52-/m0/s1. The van der Waals surface area contributed by atoms with Gasteiger partial charge < -0.3 is 43.3 Å². The number of piperidine rings is 2. The van der Waals surface area contributed by atoms with E-state index < -0.39 is 17.5 Å². The summed E-state index contributed by atoms with van der Waals surface area (Å²) in [6.45, 7) is 17.5. The van der Waals surface area contributed by atoms with E-state index in [1.54, 1.807) is 17.2 Å². The summed E-state index contributed by atoms with van der Waals surface area (Å²) in [7, 11) is 1.54. The number of likely N-dealkylation sites (tertiary alicyclic amines) is 1. The molecule has 6 aliphatic heterocycles. The number of amides is 4. The zero-order valence-corrected chi connectivity index (χ0v) is 49.5. The Morgan fingerprint density at radius 2 is 1.72 bits per heavy atom. The van der Waals surface area contributed by atoms with Crippen LogP contribution >= 0.6 is 0 Å². The molecule has 2 aromatic heterocycles. The van der Waals surface area contributed by atoms with Crippen molar-refractivity contribution in [3.05, 3.63) is 77.2 Å². The maximum atomic E-state index is 17.8. The Labute approximate surface area is 495 Å². The van der Waals surface area contributed by atoms with E-state index in [2.05, 4.69) is 36.9 Å². The molecule has 7 fully saturated rings. The van der Waals surface area contributed by atoms with E-state index in [1.807, 2.05) is 69.0 Å². The number of hydrogen-bond donors (Lipinski definition) is 1. The molecular weight excluding hydrogens is 1080 g/mol. The first-order valence-electron chi connectivity index (χ1n) is 30.5. The summed E-state index contributed by atoms with van der Waals surface area (Å²) in [5.41, 5.74) is 3.49. The second-order valence-corrected chi connectivity index (χ2v) is 26.2. The highest BCUT2D eigenvalue weighted by molar-refractivity contribution is 6.06. The van der Waals surface area contributed by atoms with E-state index in [-0.39, 0.29) is 77.9 Å². The monoisotopic (exact) mass is 1160 g/mol. The Hall–Kier alpha value is -7.18. The first-order valence-corrected chi connectivity index (χ1v) is 30.5. The number of ether oxygens (including phenoxy) is 5. The zero-order valence-electron chi connectivity index (χ0n) is 49.5. The number of aromatic nitrogens is 3. The van der Waals surface area contributed by atoms with Crippen molar-refractivity contribution in [2.45, 2.75) is 122 Å². The Bertz CT molecular complexity index is 3490. The number of methoxy groups -OCH3 is 1. The van der Waals surface area contributed by atoms with E-state index in [1.165, 1.54) is 32.8 Å². The largest absolute Gasteiger partial charge is 0.468 e. The van der Waals surface area contributed by atoms with E-state index in [0.717, 1.165) is 81.8 Å². The Kier molecular flexibility index (Phi) is 15.1. The predicted octanol–water partition coefficient (Wildman–Crippen LogP) is 7.79. The number of terminal acetylenes is 1. The number of pyridine rings is 1. The van der Waals surface area contributed by atoms with Crippen LogP contribution in [0.3, 0.4) is 0 Å². The van der Waals surface area contributed by atoms with Gasteiger partial charge in [-0.25, -0.2) is 9.18 Å². The summed E-state index contributed by atoms with van der Waals surface area (Å²) in [5.74, 6) is 2.96. The van der Waals surface area contributed by atoms with Crippen molar-refractivity contribution >= 4 is 57.0 Å². The van der Waals surface area contributed by atoms with Gasteiger partial charge in [-0.2, -0.15) is 9.97 Å². The molecule has 5 aromatic rings.